The standard InChI is InChI=1S/C20H16Cl2N2O4S/c1-3-10-4-6-11(7-5-10)19(27)24-20-14(18(23)26)12-8-13(21)16(28-9(2)25)15(22)17(12)29-20/h4-8H,3H2,1-2H3,(H2,23,26)(H,24,27). The maximum Gasteiger partial charge on any atom is 0.308 e. The van der Waals surface area contributed by atoms with Gasteiger partial charge < -0.3 is 15.8 Å². The van der Waals surface area contributed by atoms with Crippen LogP contribution in [0.5, 0.6) is 5.75 Å². The number of nitrogens with one attached hydrogen (secondary N) is 1. The summed E-state index contributed by atoms with van der Waals surface area (Å²) in [6.07, 6.45) is 0.855. The number of hydrogen-bond donors (Lipinski definition) is 2. The van der Waals surface area contributed by atoms with Crippen LogP contribution >= 0.6 is 34.5 Å². The zero-order valence-electron chi connectivity index (χ0n) is 15.5. The van der Waals surface area contributed by atoms with Crippen molar-refractivity contribution < 1.29 is 19.1 Å². The smallest absolute Gasteiger partial charge is 0.308 e. The molecular weight excluding hydrogens is 435 g/mol. The van der Waals surface area contributed by atoms with Crippen molar-refractivity contribution in [1.82, 2.24) is 0 Å². The number of ether oxygens (including phenoxy) is 1. The van der Waals surface area contributed by atoms with Crippen molar-refractivity contribution in [1.29, 1.82) is 0 Å². The fourth-order valence-corrected chi connectivity index (χ4v) is 4.54. The van der Waals surface area contributed by atoms with Gasteiger partial charge in [-0.1, -0.05) is 42.3 Å². The lowest BCUT2D eigenvalue weighted by atomic mass is 10.1. The summed E-state index contributed by atoms with van der Waals surface area (Å²) in [7, 11) is 0. The summed E-state index contributed by atoms with van der Waals surface area (Å²) < 4.78 is 5.48. The van der Waals surface area contributed by atoms with E-state index in [0.29, 0.717) is 15.6 Å². The Morgan fingerprint density at radius 3 is 2.38 bits per heavy atom. The zero-order chi connectivity index (χ0) is 21.3. The van der Waals surface area contributed by atoms with E-state index in [9.17, 15) is 14.4 Å². The highest BCUT2D eigenvalue weighted by Gasteiger charge is 2.24. The molecule has 0 saturated heterocycles. The van der Waals surface area contributed by atoms with E-state index in [2.05, 4.69) is 5.32 Å². The second kappa shape index (κ2) is 8.41. The van der Waals surface area contributed by atoms with Gasteiger partial charge in [-0.15, -0.1) is 11.3 Å². The normalized spacial score (nSPS) is 10.8. The van der Waals surface area contributed by atoms with Crippen LogP contribution in [0.2, 0.25) is 10.0 Å². The number of fused-ring (bicyclic) bond motifs is 1. The Bertz CT molecular complexity index is 1140. The molecule has 0 aliphatic heterocycles. The molecule has 0 spiro atoms. The van der Waals surface area contributed by atoms with Crippen LogP contribution < -0.4 is 15.8 Å². The first kappa shape index (κ1) is 21.1. The van der Waals surface area contributed by atoms with E-state index in [4.69, 9.17) is 33.7 Å². The maximum atomic E-state index is 12.6. The van der Waals surface area contributed by atoms with Crippen molar-refractivity contribution in [2.45, 2.75) is 20.3 Å². The van der Waals surface area contributed by atoms with Crippen molar-refractivity contribution in [2.24, 2.45) is 5.73 Å². The van der Waals surface area contributed by atoms with Crippen LogP contribution in [0, 0.1) is 0 Å². The number of hydrogen-bond acceptors (Lipinski definition) is 5. The fourth-order valence-electron chi connectivity index (χ4n) is 2.78. The lowest BCUT2D eigenvalue weighted by Gasteiger charge is -2.07. The van der Waals surface area contributed by atoms with Crippen LogP contribution in [-0.2, 0) is 11.2 Å². The number of thiophene rings is 1. The number of esters is 1. The number of rotatable bonds is 5. The van der Waals surface area contributed by atoms with Crippen molar-refractivity contribution in [3.05, 3.63) is 57.1 Å². The van der Waals surface area contributed by atoms with Crippen LogP contribution in [0.25, 0.3) is 10.1 Å². The highest BCUT2D eigenvalue weighted by molar-refractivity contribution is 7.24. The number of aryl methyl sites for hydroxylation is 1. The Morgan fingerprint density at radius 2 is 1.83 bits per heavy atom. The molecule has 2 amide bonds. The Hall–Kier alpha value is -2.61. The summed E-state index contributed by atoms with van der Waals surface area (Å²) in [5.74, 6) is -1.76. The monoisotopic (exact) mass is 450 g/mol. The van der Waals surface area contributed by atoms with E-state index in [-0.39, 0.29) is 26.4 Å². The number of halogens is 2. The lowest BCUT2D eigenvalue weighted by molar-refractivity contribution is -0.131. The summed E-state index contributed by atoms with van der Waals surface area (Å²) >= 11 is 13.6. The van der Waals surface area contributed by atoms with Gasteiger partial charge in [0.1, 0.15) is 10.0 Å². The fraction of sp³-hybridized carbons (Fsp3) is 0.150. The predicted molar refractivity (Wildman–Crippen MR) is 115 cm³/mol. The number of nitrogens with two attached hydrogens (primary N) is 1. The molecule has 0 aliphatic rings. The van der Waals surface area contributed by atoms with Crippen LogP contribution in [0.15, 0.2) is 30.3 Å². The van der Waals surface area contributed by atoms with Gasteiger partial charge in [0.15, 0.2) is 5.75 Å². The summed E-state index contributed by atoms with van der Waals surface area (Å²) in [5.41, 5.74) is 7.15. The Balaban J connectivity index is 2.08. The van der Waals surface area contributed by atoms with Gasteiger partial charge in [-0.05, 0) is 30.2 Å². The van der Waals surface area contributed by atoms with Crippen molar-refractivity contribution >= 4 is 67.4 Å². The first-order chi connectivity index (χ1) is 13.7. The third-order valence-corrected chi connectivity index (χ3v) is 6.07. The highest BCUT2D eigenvalue weighted by Crippen LogP contribution is 2.46. The molecule has 9 heteroatoms. The number of anilines is 1. The van der Waals surface area contributed by atoms with Crippen molar-refractivity contribution in [2.75, 3.05) is 5.32 Å². The number of primary amides is 1. The average Bonchev–Trinajstić information content (AvgIpc) is 3.03. The van der Waals surface area contributed by atoms with E-state index >= 15 is 0 Å². The van der Waals surface area contributed by atoms with Gasteiger partial charge in [0.2, 0.25) is 0 Å². The molecule has 2 aromatic carbocycles. The topological polar surface area (TPSA) is 98.5 Å². The summed E-state index contributed by atoms with van der Waals surface area (Å²) in [5, 5.41) is 3.41. The summed E-state index contributed by atoms with van der Waals surface area (Å²) in [4.78, 5) is 36.0. The molecule has 3 aromatic rings. The third kappa shape index (κ3) is 4.22. The largest absolute Gasteiger partial charge is 0.423 e. The molecule has 0 unspecified atom stereocenters. The second-order valence-electron chi connectivity index (χ2n) is 6.15. The zero-order valence-corrected chi connectivity index (χ0v) is 17.8. The minimum Gasteiger partial charge on any atom is -0.423 e. The highest BCUT2D eigenvalue weighted by atomic mass is 35.5. The molecule has 6 nitrogen and oxygen atoms in total. The molecular formula is C20H16Cl2N2O4S. The third-order valence-electron chi connectivity index (χ3n) is 4.18. The first-order valence-corrected chi connectivity index (χ1v) is 10.1. The molecule has 3 rings (SSSR count). The van der Waals surface area contributed by atoms with Gasteiger partial charge in [0.05, 0.1) is 15.3 Å². The minimum atomic E-state index is -0.750. The van der Waals surface area contributed by atoms with Gasteiger partial charge in [0.25, 0.3) is 11.8 Å². The van der Waals surface area contributed by atoms with Crippen molar-refractivity contribution in [3.63, 3.8) is 0 Å². The van der Waals surface area contributed by atoms with Gasteiger partial charge in [-0.25, -0.2) is 0 Å². The average molecular weight is 451 g/mol. The minimum absolute atomic E-state index is 0.0152. The molecule has 0 bridgehead atoms. The number of carbonyl (C=O) groups excluding carboxylic acids is 3. The first-order valence-electron chi connectivity index (χ1n) is 8.55. The molecule has 0 fully saturated rings. The number of carbonyl (C=O) groups is 3. The molecule has 3 N–H and O–H groups in total. The summed E-state index contributed by atoms with van der Waals surface area (Å²) in [6.45, 7) is 3.24. The van der Waals surface area contributed by atoms with Gasteiger partial charge in [-0.3, -0.25) is 14.4 Å². The van der Waals surface area contributed by atoms with Gasteiger partial charge in [-0.2, -0.15) is 0 Å². The molecule has 0 atom stereocenters. The maximum absolute atomic E-state index is 12.6. The molecule has 0 saturated carbocycles. The van der Waals surface area contributed by atoms with Gasteiger partial charge in [0, 0.05) is 17.9 Å². The van der Waals surface area contributed by atoms with E-state index in [1.54, 1.807) is 12.1 Å². The molecule has 1 aromatic heterocycles. The van der Waals surface area contributed by atoms with Crippen LogP contribution in [0.4, 0.5) is 5.00 Å². The van der Waals surface area contributed by atoms with Crippen LogP contribution in [0.3, 0.4) is 0 Å². The summed E-state index contributed by atoms with van der Waals surface area (Å²) in [6, 6.07) is 8.55. The SMILES string of the molecule is CCc1ccc(C(=O)Nc2sc3c(Cl)c(OC(C)=O)c(Cl)cc3c2C(N)=O)cc1. The second-order valence-corrected chi connectivity index (χ2v) is 7.95. The van der Waals surface area contributed by atoms with Crippen LogP contribution in [0.1, 0.15) is 40.1 Å². The van der Waals surface area contributed by atoms with E-state index < -0.39 is 17.8 Å². The number of amides is 2. The molecule has 29 heavy (non-hydrogen) atoms. The van der Waals surface area contributed by atoms with E-state index in [0.717, 1.165) is 23.3 Å². The van der Waals surface area contributed by atoms with Gasteiger partial charge >= 0.3 is 5.97 Å². The predicted octanol–water partition coefficient (Wildman–Crippen LogP) is 5.05. The van der Waals surface area contributed by atoms with E-state index in [1.807, 2.05) is 19.1 Å². The molecule has 0 aliphatic carbocycles. The Labute approximate surface area is 180 Å². The molecule has 1 heterocycles. The Kier molecular flexibility index (Phi) is 6.12. The quantitative estimate of drug-likeness (QED) is 0.419. The van der Waals surface area contributed by atoms with Crippen LogP contribution in [-0.4, -0.2) is 17.8 Å². The van der Waals surface area contributed by atoms with Crippen molar-refractivity contribution in [3.8, 4) is 5.75 Å². The lowest BCUT2D eigenvalue weighted by Crippen LogP contribution is -2.16. The molecule has 150 valence electrons. The molecule has 0 radical (unpaired) electrons. The van der Waals surface area contributed by atoms with E-state index in [1.165, 1.54) is 13.0 Å². The Morgan fingerprint density at radius 1 is 1.17 bits per heavy atom. The number of benzene rings is 2.